The van der Waals surface area contributed by atoms with Gasteiger partial charge in [0.05, 0.1) is 99.1 Å². The van der Waals surface area contributed by atoms with Crippen molar-refractivity contribution in [2.24, 2.45) is 11.8 Å². The van der Waals surface area contributed by atoms with Crippen molar-refractivity contribution in [3.05, 3.63) is 238 Å². The lowest BCUT2D eigenvalue weighted by Gasteiger charge is -2.23. The zero-order chi connectivity index (χ0) is 83.9. The SMILES string of the molecule is CC(C)c1ccc2cc3c(nc2c1)CC(=O)CO3.CC(C)c1ccc2cc3c(nc2c1)CCCS3.CC(C)c1ccc2cc3c(nc2c1)CC[C@@H](C)O3.CC(C)c1ccc2cc3c(nc2c1)CC[C@H](C)O3.CC(C)c1ccc2cc3c(nc2c1)C[C@@H](C)CO3.CC(C)c1ccc2cc3c(nc2c1)C[C@H](C)CO3.CC(C)n1ccc2cncnc21. The van der Waals surface area contributed by atoms with E-state index in [4.69, 9.17) is 48.6 Å². The number of nitrogens with zero attached hydrogens (tertiary/aromatic N) is 9. The summed E-state index contributed by atoms with van der Waals surface area (Å²) in [4.78, 5) is 49.4. The van der Waals surface area contributed by atoms with Gasteiger partial charge in [-0.1, -0.05) is 170 Å². The minimum absolute atomic E-state index is 0.0920. The molecule has 0 saturated carbocycles. The normalized spacial score (nSPS) is 16.9. The summed E-state index contributed by atoms with van der Waals surface area (Å²) in [5.41, 5.74) is 22.1. The molecular weight excluding hydrogens is 1490 g/mol. The van der Waals surface area contributed by atoms with Gasteiger partial charge < -0.3 is 28.3 Å². The molecule has 16 heteroatoms. The monoisotopic (exact) mass is 1610 g/mol. The number of aryl methyl sites for hydroxylation is 3. The molecule has 0 aliphatic carbocycles. The second kappa shape index (κ2) is 37.8. The first-order valence-corrected chi connectivity index (χ1v) is 44.4. The second-order valence-electron chi connectivity index (χ2n) is 35.5. The Bertz CT molecular complexity index is 5760. The number of carbonyl (C=O) groups excluding carboxylic acids is 1. The average Bonchev–Trinajstić information content (AvgIpc) is 1.63. The molecule has 20 rings (SSSR count). The van der Waals surface area contributed by atoms with Gasteiger partial charge in [-0.3, -0.25) is 9.78 Å². The predicted molar refractivity (Wildman–Crippen MR) is 490 cm³/mol. The highest BCUT2D eigenvalue weighted by Gasteiger charge is 2.25. The van der Waals surface area contributed by atoms with Gasteiger partial charge >= 0.3 is 0 Å². The van der Waals surface area contributed by atoms with Crippen molar-refractivity contribution in [1.82, 2.24) is 44.4 Å². The fourth-order valence-corrected chi connectivity index (χ4v) is 16.7. The summed E-state index contributed by atoms with van der Waals surface area (Å²) in [6, 6.07) is 54.5. The Kier molecular flexibility index (Phi) is 26.9. The molecule has 0 amide bonds. The lowest BCUT2D eigenvalue weighted by atomic mass is 9.99. The Labute approximate surface area is 707 Å². The van der Waals surface area contributed by atoms with Crippen LogP contribution in [-0.4, -0.2) is 88.0 Å². The first-order valence-electron chi connectivity index (χ1n) is 43.4. The second-order valence-corrected chi connectivity index (χ2v) is 36.6. The molecule has 4 atom stereocenters. The number of thioether (sulfide) groups is 1. The maximum Gasteiger partial charge on any atom is 0.176 e. The summed E-state index contributed by atoms with van der Waals surface area (Å²) in [7, 11) is 0. The largest absolute Gasteiger partial charge is 0.491 e. The Hall–Kier alpha value is -10.6. The van der Waals surface area contributed by atoms with Gasteiger partial charge in [0.15, 0.2) is 5.78 Å². The molecule has 0 saturated heterocycles. The highest BCUT2D eigenvalue weighted by Crippen LogP contribution is 2.38. The third-order valence-electron chi connectivity index (χ3n) is 23.2. The van der Waals surface area contributed by atoms with Gasteiger partial charge in [-0.25, -0.2) is 34.9 Å². The van der Waals surface area contributed by atoms with Crippen LogP contribution in [0.3, 0.4) is 0 Å². The van der Waals surface area contributed by atoms with Crippen LogP contribution >= 0.6 is 11.8 Å². The van der Waals surface area contributed by atoms with E-state index < -0.39 is 0 Å². The molecule has 14 heterocycles. The first-order chi connectivity index (χ1) is 57.2. The number of carbonyl (C=O) groups is 1. The third-order valence-corrected chi connectivity index (χ3v) is 24.3. The summed E-state index contributed by atoms with van der Waals surface area (Å²) in [6.45, 7) is 41.2. The van der Waals surface area contributed by atoms with Crippen LogP contribution in [0.2, 0.25) is 0 Å². The molecule has 119 heavy (non-hydrogen) atoms. The van der Waals surface area contributed by atoms with Crippen molar-refractivity contribution in [1.29, 1.82) is 0 Å². The van der Waals surface area contributed by atoms with Crippen molar-refractivity contribution in [3.8, 4) is 28.7 Å². The van der Waals surface area contributed by atoms with E-state index in [0.29, 0.717) is 72.0 Å². The van der Waals surface area contributed by atoms with Gasteiger partial charge in [-0.05, 0) is 244 Å². The van der Waals surface area contributed by atoms with E-state index in [1.54, 1.807) is 6.33 Å². The number of hydrogen-bond donors (Lipinski definition) is 0. The number of ether oxygens (including phenoxy) is 5. The summed E-state index contributed by atoms with van der Waals surface area (Å²) < 4.78 is 30.8. The number of hydrogen-bond acceptors (Lipinski definition) is 15. The van der Waals surface area contributed by atoms with E-state index in [2.05, 4.69) is 284 Å². The van der Waals surface area contributed by atoms with Crippen molar-refractivity contribution >= 4 is 94.0 Å². The Balaban J connectivity index is 0.000000114. The smallest absolute Gasteiger partial charge is 0.176 e. The number of Topliss-reactive ketones (excluding diaryl/α,β-unsaturated/α-hetero) is 1. The molecule has 618 valence electrons. The van der Waals surface area contributed by atoms with Crippen molar-refractivity contribution in [3.63, 3.8) is 0 Å². The van der Waals surface area contributed by atoms with Crippen LogP contribution in [0.1, 0.15) is 253 Å². The van der Waals surface area contributed by atoms with Gasteiger partial charge in [0.25, 0.3) is 0 Å². The quantitative estimate of drug-likeness (QED) is 0.147. The lowest BCUT2D eigenvalue weighted by molar-refractivity contribution is -0.121. The summed E-state index contributed by atoms with van der Waals surface area (Å²) in [5, 5.41) is 8.14. The number of ketones is 1. The van der Waals surface area contributed by atoms with Crippen LogP contribution in [-0.2, 0) is 43.3 Å². The van der Waals surface area contributed by atoms with Gasteiger partial charge in [0, 0.05) is 61.0 Å². The van der Waals surface area contributed by atoms with Crippen molar-refractivity contribution in [2.45, 2.75) is 241 Å². The molecule has 0 radical (unpaired) electrons. The number of aromatic nitrogens is 9. The number of fused-ring (bicyclic) bond motifs is 13. The minimum Gasteiger partial charge on any atom is -0.491 e. The van der Waals surface area contributed by atoms with Crippen LogP contribution in [0, 0.1) is 11.8 Å². The van der Waals surface area contributed by atoms with Crippen LogP contribution in [0.5, 0.6) is 28.7 Å². The average molecular weight is 1610 g/mol. The number of pyridine rings is 6. The molecule has 15 nitrogen and oxygen atoms in total. The maximum absolute atomic E-state index is 11.4. The predicted octanol–water partition coefficient (Wildman–Crippen LogP) is 25.3. The molecule has 14 aromatic rings. The molecule has 0 bridgehead atoms. The van der Waals surface area contributed by atoms with Crippen LogP contribution in [0.15, 0.2) is 175 Å². The zero-order valence-electron chi connectivity index (χ0n) is 73.1. The van der Waals surface area contributed by atoms with E-state index in [0.717, 1.165) is 165 Å². The van der Waals surface area contributed by atoms with E-state index in [9.17, 15) is 4.79 Å². The molecule has 0 fully saturated rings. The van der Waals surface area contributed by atoms with Crippen LogP contribution in [0.25, 0.3) is 76.5 Å². The highest BCUT2D eigenvalue weighted by atomic mass is 32.2. The molecule has 8 aromatic heterocycles. The molecule has 0 spiro atoms. The molecule has 0 unspecified atom stereocenters. The van der Waals surface area contributed by atoms with Gasteiger partial charge in [-0.15, -0.1) is 11.8 Å². The van der Waals surface area contributed by atoms with Gasteiger partial charge in [0.2, 0.25) is 0 Å². The van der Waals surface area contributed by atoms with Crippen molar-refractivity contribution < 1.29 is 28.5 Å². The van der Waals surface area contributed by atoms with Crippen LogP contribution < -0.4 is 23.7 Å². The fraction of sp³-hybridized carbons (Fsp3) is 0.408. The molecule has 6 aliphatic rings. The summed E-state index contributed by atoms with van der Waals surface area (Å²) in [5.74, 6) is 10.3. The maximum atomic E-state index is 11.4. The molecule has 6 aromatic carbocycles. The zero-order valence-corrected chi connectivity index (χ0v) is 73.9. The Morgan fingerprint density at radius 2 is 0.748 bits per heavy atom. The van der Waals surface area contributed by atoms with E-state index in [-0.39, 0.29) is 12.4 Å². The van der Waals surface area contributed by atoms with Crippen molar-refractivity contribution in [2.75, 3.05) is 25.6 Å². The van der Waals surface area contributed by atoms with E-state index in [1.165, 1.54) is 83.1 Å². The lowest BCUT2D eigenvalue weighted by Crippen LogP contribution is -2.21. The molecular formula is C103H119N9O6S. The van der Waals surface area contributed by atoms with Gasteiger partial charge in [-0.2, -0.15) is 0 Å². The first kappa shape index (κ1) is 84.9. The molecule has 6 aliphatic heterocycles. The Morgan fingerprint density at radius 1 is 0.387 bits per heavy atom. The van der Waals surface area contributed by atoms with E-state index in [1.807, 2.05) is 36.3 Å². The van der Waals surface area contributed by atoms with E-state index >= 15 is 0 Å². The highest BCUT2D eigenvalue weighted by molar-refractivity contribution is 7.99. The van der Waals surface area contributed by atoms with Gasteiger partial charge in [0.1, 0.15) is 47.3 Å². The Morgan fingerprint density at radius 3 is 1.14 bits per heavy atom. The number of benzene rings is 6. The third kappa shape index (κ3) is 20.8. The summed E-state index contributed by atoms with van der Waals surface area (Å²) >= 11 is 1.95. The topological polar surface area (TPSA) is 171 Å². The number of rotatable bonds is 7. The van der Waals surface area contributed by atoms with Crippen LogP contribution in [0.4, 0.5) is 0 Å². The summed E-state index contributed by atoms with van der Waals surface area (Å²) in [6.07, 6.45) is 15.1. The molecule has 0 N–H and O–H groups in total. The fourth-order valence-electron chi connectivity index (χ4n) is 15.6. The minimum atomic E-state index is 0.0920. The standard InChI is InChI=1S/4C16H19NO.C15H15NO2.C15H17NS.C9H11N3/c2*1-10(2)12-5-6-13-9-16-14(17-15(13)8-12)7-4-11(3)18-16;2*1-10(2)12-4-5-13-8-16-15(17-14(13)7-12)6-11(3)9-18-16;1-9(2)10-3-4-11-6-15-14(16-13(11)5-10)7-12(17)8-18-15;1-10(2)11-5-6-12-9-15-13(4-3-7-17-15)16-14(12)8-11;1-7(2)12-4-3-8-5-10-6-11-9(8)12/h2*5-6,8-11H,4,7H2,1-3H3;2*4-5,7-8,10-11H,6,9H2,1-3H3;3-6,9H,7-8H2,1-2H3;5-6,8-10H,3-4,7H2,1-2H3;3-7H,1-2H3/t4*11-;;;/m1010.../s1.